The van der Waals surface area contributed by atoms with Gasteiger partial charge < -0.3 is 9.15 Å². The van der Waals surface area contributed by atoms with Gasteiger partial charge in [-0.15, -0.1) is 6.58 Å². The second-order valence-electron chi connectivity index (χ2n) is 3.98. The zero-order chi connectivity index (χ0) is 11.5. The van der Waals surface area contributed by atoms with Gasteiger partial charge in [0.05, 0.1) is 25.1 Å². The summed E-state index contributed by atoms with van der Waals surface area (Å²) in [5.41, 5.74) is 0.292. The lowest BCUT2D eigenvalue weighted by atomic mass is 9.76. The highest BCUT2D eigenvalue weighted by molar-refractivity contribution is 5.77. The third-order valence-electron chi connectivity index (χ3n) is 2.63. The highest BCUT2D eigenvalue weighted by Gasteiger charge is 2.37. The van der Waals surface area contributed by atoms with Gasteiger partial charge in [0.25, 0.3) is 0 Å². The van der Waals surface area contributed by atoms with E-state index in [4.69, 9.17) is 9.15 Å². The highest BCUT2D eigenvalue weighted by atomic mass is 16.5. The minimum absolute atomic E-state index is 0.108. The molecular weight excluding hydrogens is 192 g/mol. The molecule has 1 aromatic heterocycles. The van der Waals surface area contributed by atoms with Crippen molar-refractivity contribution in [2.45, 2.75) is 19.8 Å². The number of hydrogen-bond acceptors (Lipinski definition) is 3. The molecule has 0 fully saturated rings. The van der Waals surface area contributed by atoms with Crippen molar-refractivity contribution in [3.8, 4) is 0 Å². The molecule has 0 aromatic carbocycles. The van der Waals surface area contributed by atoms with Crippen molar-refractivity contribution < 1.29 is 13.9 Å². The largest absolute Gasteiger partial charge is 0.472 e. The van der Waals surface area contributed by atoms with Crippen LogP contribution >= 0.6 is 0 Å². The van der Waals surface area contributed by atoms with Gasteiger partial charge >= 0.3 is 5.97 Å². The summed E-state index contributed by atoms with van der Waals surface area (Å²) in [7, 11) is 1.39. The van der Waals surface area contributed by atoms with Gasteiger partial charge in [-0.25, -0.2) is 0 Å². The summed E-state index contributed by atoms with van der Waals surface area (Å²) >= 11 is 0. The lowest BCUT2D eigenvalue weighted by Crippen LogP contribution is -2.31. The second kappa shape index (κ2) is 4.34. The Labute approximate surface area is 89.7 Å². The molecular formula is C12H16O3. The van der Waals surface area contributed by atoms with Crippen molar-refractivity contribution in [3.63, 3.8) is 0 Å². The fourth-order valence-corrected chi connectivity index (χ4v) is 1.69. The minimum atomic E-state index is -0.639. The first-order valence-corrected chi connectivity index (χ1v) is 4.77. The van der Waals surface area contributed by atoms with E-state index in [1.165, 1.54) is 7.11 Å². The van der Waals surface area contributed by atoms with Crippen molar-refractivity contribution in [1.29, 1.82) is 0 Å². The molecule has 0 amide bonds. The Bertz CT molecular complexity index is 336. The molecule has 0 aliphatic rings. The zero-order valence-corrected chi connectivity index (χ0v) is 9.32. The number of carbonyl (C=O) groups is 1. The molecule has 0 spiro atoms. The van der Waals surface area contributed by atoms with Crippen molar-refractivity contribution in [2.75, 3.05) is 7.11 Å². The molecule has 82 valence electrons. The van der Waals surface area contributed by atoms with Gasteiger partial charge in [-0.2, -0.15) is 0 Å². The van der Waals surface area contributed by atoms with E-state index in [2.05, 4.69) is 6.58 Å². The van der Waals surface area contributed by atoms with Gasteiger partial charge in [0, 0.05) is 5.92 Å². The second-order valence-corrected chi connectivity index (χ2v) is 3.98. The molecule has 0 saturated carbocycles. The third-order valence-corrected chi connectivity index (χ3v) is 2.63. The maximum Gasteiger partial charge on any atom is 0.312 e. The molecule has 0 bridgehead atoms. The van der Waals surface area contributed by atoms with Gasteiger partial charge in [-0.3, -0.25) is 4.79 Å². The first kappa shape index (κ1) is 11.6. The van der Waals surface area contributed by atoms with Crippen molar-refractivity contribution in [3.05, 3.63) is 36.8 Å². The van der Waals surface area contributed by atoms with Crippen molar-refractivity contribution in [2.24, 2.45) is 5.41 Å². The molecule has 0 radical (unpaired) electrons. The minimum Gasteiger partial charge on any atom is -0.472 e. The van der Waals surface area contributed by atoms with Crippen LogP contribution in [0.1, 0.15) is 25.3 Å². The van der Waals surface area contributed by atoms with Crippen LogP contribution in [0.25, 0.3) is 0 Å². The molecule has 1 atom stereocenters. The fraction of sp³-hybridized carbons (Fsp3) is 0.417. The number of furan rings is 1. The number of hydrogen-bond donors (Lipinski definition) is 0. The summed E-state index contributed by atoms with van der Waals surface area (Å²) < 4.78 is 9.78. The Morgan fingerprint density at radius 3 is 2.73 bits per heavy atom. The third kappa shape index (κ3) is 2.12. The monoisotopic (exact) mass is 208 g/mol. The molecule has 1 heterocycles. The quantitative estimate of drug-likeness (QED) is 0.564. The Kier molecular flexibility index (Phi) is 3.35. The van der Waals surface area contributed by atoms with Crippen LogP contribution in [0.2, 0.25) is 0 Å². The standard InChI is InChI=1S/C12H16O3/c1-5-10(9-6-7-15-8-9)12(2,3)11(13)14-4/h5-8,10H,1H2,2-4H3/t10-/m1/s1. The fourth-order valence-electron chi connectivity index (χ4n) is 1.69. The lowest BCUT2D eigenvalue weighted by Gasteiger charge is -2.28. The van der Waals surface area contributed by atoms with Crippen LogP contribution < -0.4 is 0 Å². The topological polar surface area (TPSA) is 39.4 Å². The van der Waals surface area contributed by atoms with Gasteiger partial charge in [0.15, 0.2) is 0 Å². The van der Waals surface area contributed by atoms with Crippen molar-refractivity contribution >= 4 is 5.97 Å². The molecule has 0 unspecified atom stereocenters. The first-order chi connectivity index (χ1) is 7.04. The first-order valence-electron chi connectivity index (χ1n) is 4.77. The van der Waals surface area contributed by atoms with Crippen LogP contribution in [0.3, 0.4) is 0 Å². The van der Waals surface area contributed by atoms with Crippen LogP contribution in [0, 0.1) is 5.41 Å². The summed E-state index contributed by atoms with van der Waals surface area (Å²) in [6.07, 6.45) is 4.94. The molecule has 15 heavy (non-hydrogen) atoms. The van der Waals surface area contributed by atoms with Gasteiger partial charge in [0.2, 0.25) is 0 Å². The van der Waals surface area contributed by atoms with Crippen LogP contribution in [0.5, 0.6) is 0 Å². The summed E-state index contributed by atoms with van der Waals surface area (Å²) in [5.74, 6) is -0.364. The SMILES string of the molecule is C=C[C@H](c1ccoc1)C(C)(C)C(=O)OC. The normalized spacial score (nSPS) is 13.3. The smallest absolute Gasteiger partial charge is 0.312 e. The van der Waals surface area contributed by atoms with Crippen LogP contribution in [0.4, 0.5) is 0 Å². The molecule has 0 saturated heterocycles. The predicted molar refractivity (Wildman–Crippen MR) is 57.4 cm³/mol. The number of allylic oxidation sites excluding steroid dienone is 1. The Hall–Kier alpha value is -1.51. The zero-order valence-electron chi connectivity index (χ0n) is 9.32. The summed E-state index contributed by atoms with van der Waals surface area (Å²) in [6.45, 7) is 7.41. The summed E-state index contributed by atoms with van der Waals surface area (Å²) in [4.78, 5) is 11.6. The van der Waals surface area contributed by atoms with Gasteiger partial charge in [-0.05, 0) is 25.5 Å². The van der Waals surface area contributed by atoms with Gasteiger partial charge in [0.1, 0.15) is 0 Å². The van der Waals surface area contributed by atoms with Gasteiger partial charge in [-0.1, -0.05) is 6.08 Å². The molecule has 3 heteroatoms. The summed E-state index contributed by atoms with van der Waals surface area (Å²) in [5, 5.41) is 0. The Morgan fingerprint density at radius 2 is 2.33 bits per heavy atom. The Morgan fingerprint density at radius 1 is 1.67 bits per heavy atom. The average molecular weight is 208 g/mol. The number of rotatable bonds is 4. The van der Waals surface area contributed by atoms with E-state index in [1.807, 2.05) is 19.9 Å². The summed E-state index contributed by atoms with van der Waals surface area (Å²) in [6, 6.07) is 1.83. The maximum atomic E-state index is 11.6. The highest BCUT2D eigenvalue weighted by Crippen LogP contribution is 2.37. The van der Waals surface area contributed by atoms with Crippen LogP contribution in [-0.2, 0) is 9.53 Å². The average Bonchev–Trinajstić information content (AvgIpc) is 2.70. The molecule has 3 nitrogen and oxygen atoms in total. The molecule has 0 N–H and O–H groups in total. The molecule has 0 aliphatic carbocycles. The van der Waals surface area contributed by atoms with E-state index in [0.29, 0.717) is 0 Å². The molecule has 0 aliphatic heterocycles. The van der Waals surface area contributed by atoms with E-state index in [0.717, 1.165) is 5.56 Å². The number of ether oxygens (including phenoxy) is 1. The number of esters is 1. The van der Waals surface area contributed by atoms with E-state index < -0.39 is 5.41 Å². The number of carbonyl (C=O) groups excluding carboxylic acids is 1. The Balaban J connectivity index is 3.02. The number of methoxy groups -OCH3 is 1. The predicted octanol–water partition coefficient (Wildman–Crippen LogP) is 2.75. The molecule has 1 aromatic rings. The van der Waals surface area contributed by atoms with E-state index >= 15 is 0 Å². The van der Waals surface area contributed by atoms with Crippen LogP contribution in [0.15, 0.2) is 35.7 Å². The maximum absolute atomic E-state index is 11.6. The van der Waals surface area contributed by atoms with E-state index in [1.54, 1.807) is 18.6 Å². The molecule has 1 rings (SSSR count). The van der Waals surface area contributed by atoms with Crippen molar-refractivity contribution in [1.82, 2.24) is 0 Å². The lowest BCUT2D eigenvalue weighted by molar-refractivity contribution is -0.151. The van der Waals surface area contributed by atoms with E-state index in [9.17, 15) is 4.79 Å². The van der Waals surface area contributed by atoms with Crippen LogP contribution in [-0.4, -0.2) is 13.1 Å². The van der Waals surface area contributed by atoms with E-state index in [-0.39, 0.29) is 11.9 Å².